The summed E-state index contributed by atoms with van der Waals surface area (Å²) < 4.78 is 5.66. The molecule has 0 unspecified atom stereocenters. The lowest BCUT2D eigenvalue weighted by molar-refractivity contribution is -0.154. The summed E-state index contributed by atoms with van der Waals surface area (Å²) in [4.78, 5) is 30.5. The second-order valence-corrected chi connectivity index (χ2v) is 9.32. The minimum atomic E-state index is -0.890. The summed E-state index contributed by atoms with van der Waals surface area (Å²) >= 11 is 0. The number of nitrogens with zero attached hydrogens (tertiary/aromatic N) is 2. The molecule has 3 atom stereocenters. The van der Waals surface area contributed by atoms with Crippen molar-refractivity contribution in [2.75, 3.05) is 20.2 Å². The molecular formula is C21H32N2O4. The van der Waals surface area contributed by atoms with Crippen LogP contribution in [0.3, 0.4) is 0 Å². The molecule has 150 valence electrons. The number of aliphatic hydroxyl groups is 1. The molecule has 3 rings (SSSR count). The van der Waals surface area contributed by atoms with E-state index in [1.807, 2.05) is 33.9 Å². The van der Waals surface area contributed by atoms with Crippen LogP contribution in [0.25, 0.3) is 0 Å². The molecule has 6 nitrogen and oxygen atoms in total. The maximum absolute atomic E-state index is 13.5. The van der Waals surface area contributed by atoms with Crippen LogP contribution in [0.4, 0.5) is 0 Å². The summed E-state index contributed by atoms with van der Waals surface area (Å²) in [5.74, 6) is 0.390. The first kappa shape index (κ1) is 19.9. The fourth-order valence-electron chi connectivity index (χ4n) is 4.78. The van der Waals surface area contributed by atoms with Crippen LogP contribution in [0.1, 0.15) is 64.7 Å². The third kappa shape index (κ3) is 3.64. The molecule has 2 amide bonds. The summed E-state index contributed by atoms with van der Waals surface area (Å²) in [6, 6.07) is 3.23. The monoisotopic (exact) mass is 376 g/mol. The van der Waals surface area contributed by atoms with Gasteiger partial charge in [-0.15, -0.1) is 0 Å². The summed E-state index contributed by atoms with van der Waals surface area (Å²) in [6.45, 7) is 6.71. The van der Waals surface area contributed by atoms with E-state index in [-0.39, 0.29) is 29.8 Å². The van der Waals surface area contributed by atoms with Gasteiger partial charge in [-0.2, -0.15) is 0 Å². The van der Waals surface area contributed by atoms with Gasteiger partial charge in [0.1, 0.15) is 11.3 Å². The smallest absolute Gasteiger partial charge is 0.248 e. The van der Waals surface area contributed by atoms with E-state index in [0.717, 1.165) is 12.8 Å². The lowest BCUT2D eigenvalue weighted by Gasteiger charge is -2.41. The van der Waals surface area contributed by atoms with Gasteiger partial charge in [-0.25, -0.2) is 0 Å². The number of hydrogen-bond acceptors (Lipinski definition) is 4. The Morgan fingerprint density at radius 3 is 2.70 bits per heavy atom. The maximum Gasteiger partial charge on any atom is 0.248 e. The normalized spacial score (nSPS) is 29.4. The minimum absolute atomic E-state index is 0.00485. The van der Waals surface area contributed by atoms with Crippen molar-refractivity contribution in [2.24, 2.45) is 11.3 Å². The van der Waals surface area contributed by atoms with Crippen LogP contribution in [-0.4, -0.2) is 52.5 Å². The fraction of sp³-hybridized carbons (Fsp3) is 0.714. The van der Waals surface area contributed by atoms with E-state index in [4.69, 9.17) is 4.42 Å². The second kappa shape index (κ2) is 7.30. The van der Waals surface area contributed by atoms with Gasteiger partial charge in [0.05, 0.1) is 12.3 Å². The van der Waals surface area contributed by atoms with Crippen molar-refractivity contribution in [3.63, 3.8) is 0 Å². The molecule has 0 saturated carbocycles. The predicted molar refractivity (Wildman–Crippen MR) is 102 cm³/mol. The highest BCUT2D eigenvalue weighted by atomic mass is 16.3. The Kier molecular flexibility index (Phi) is 5.39. The van der Waals surface area contributed by atoms with E-state index >= 15 is 0 Å². The molecule has 1 aromatic heterocycles. The van der Waals surface area contributed by atoms with E-state index in [0.29, 0.717) is 31.6 Å². The van der Waals surface area contributed by atoms with Gasteiger partial charge in [0, 0.05) is 32.5 Å². The molecule has 0 radical (unpaired) electrons. The minimum Gasteiger partial charge on any atom is -0.467 e. The van der Waals surface area contributed by atoms with Gasteiger partial charge < -0.3 is 19.3 Å². The molecule has 6 heteroatoms. The van der Waals surface area contributed by atoms with Crippen LogP contribution in [0.2, 0.25) is 0 Å². The molecule has 0 bridgehead atoms. The van der Waals surface area contributed by atoms with E-state index < -0.39 is 11.6 Å². The average molecular weight is 376 g/mol. The van der Waals surface area contributed by atoms with Gasteiger partial charge in [0.15, 0.2) is 0 Å². The van der Waals surface area contributed by atoms with Gasteiger partial charge in [0.2, 0.25) is 11.8 Å². The van der Waals surface area contributed by atoms with Crippen molar-refractivity contribution in [3.05, 3.63) is 24.2 Å². The number of aliphatic hydroxyl groups excluding tert-OH is 1. The highest BCUT2D eigenvalue weighted by Gasteiger charge is 2.59. The maximum atomic E-state index is 13.5. The number of hydrogen-bond donors (Lipinski definition) is 1. The Balaban J connectivity index is 2.10. The highest BCUT2D eigenvalue weighted by molar-refractivity contribution is 5.93. The number of rotatable bonds is 3. The zero-order valence-electron chi connectivity index (χ0n) is 16.9. The Hall–Kier alpha value is -1.82. The molecule has 2 aliphatic rings. The summed E-state index contributed by atoms with van der Waals surface area (Å²) in [6.07, 6.45) is 4.87. The fourth-order valence-corrected chi connectivity index (χ4v) is 4.78. The molecule has 2 saturated heterocycles. The molecule has 0 aliphatic carbocycles. The first-order chi connectivity index (χ1) is 12.7. The van der Waals surface area contributed by atoms with Crippen LogP contribution in [0, 0.1) is 11.3 Å². The molecule has 1 spiro atoms. The number of furan rings is 1. The Bertz CT molecular complexity index is 679. The van der Waals surface area contributed by atoms with E-state index in [2.05, 4.69) is 0 Å². The second-order valence-electron chi connectivity index (χ2n) is 9.32. The molecule has 27 heavy (non-hydrogen) atoms. The number of carbonyl (C=O) groups is 2. The quantitative estimate of drug-likeness (QED) is 0.880. The van der Waals surface area contributed by atoms with Gasteiger partial charge in [0.25, 0.3) is 0 Å². The largest absolute Gasteiger partial charge is 0.467 e. The van der Waals surface area contributed by atoms with Crippen molar-refractivity contribution in [1.29, 1.82) is 0 Å². The summed E-state index contributed by atoms with van der Waals surface area (Å²) in [5, 5.41) is 10.1. The van der Waals surface area contributed by atoms with Gasteiger partial charge in [-0.1, -0.05) is 20.8 Å². The summed E-state index contributed by atoms with van der Waals surface area (Å²) in [5.41, 5.74) is -1.08. The zero-order valence-corrected chi connectivity index (χ0v) is 16.9. The standard InChI is InChI=1S/C21H32N2O4/c1-20(2,3)13-17(25)23-18(16-8-7-11-27-16)15(14-24)12-21(23)9-5-6-10-22(4)19(21)26/h7-8,11,15,18,24H,5-6,9-10,12-14H2,1-4H3/t15-,18-,21+/m1/s1. The van der Waals surface area contributed by atoms with Crippen LogP contribution in [-0.2, 0) is 9.59 Å². The van der Waals surface area contributed by atoms with Crippen LogP contribution in [0.15, 0.2) is 22.8 Å². The predicted octanol–water partition coefficient (Wildman–Crippen LogP) is 2.98. The lowest BCUT2D eigenvalue weighted by Crippen LogP contribution is -2.57. The van der Waals surface area contributed by atoms with Gasteiger partial charge >= 0.3 is 0 Å². The molecule has 1 aromatic rings. The van der Waals surface area contributed by atoms with Gasteiger partial charge in [-0.3, -0.25) is 9.59 Å². The molecule has 1 N–H and O–H groups in total. The van der Waals surface area contributed by atoms with E-state index in [9.17, 15) is 14.7 Å². The average Bonchev–Trinajstić information content (AvgIpc) is 3.18. The molecule has 3 heterocycles. The third-order valence-electron chi connectivity index (χ3n) is 5.88. The highest BCUT2D eigenvalue weighted by Crippen LogP contribution is 2.51. The van der Waals surface area contributed by atoms with Crippen molar-refractivity contribution >= 4 is 11.8 Å². The zero-order chi connectivity index (χ0) is 19.8. The first-order valence-corrected chi connectivity index (χ1v) is 9.91. The number of likely N-dealkylation sites (tertiary alicyclic amines) is 2. The molecule has 2 fully saturated rings. The van der Waals surface area contributed by atoms with Crippen molar-refractivity contribution in [2.45, 2.75) is 64.5 Å². The van der Waals surface area contributed by atoms with Crippen LogP contribution < -0.4 is 0 Å². The molecular weight excluding hydrogens is 344 g/mol. The Labute approximate surface area is 161 Å². The van der Waals surface area contributed by atoms with Crippen molar-refractivity contribution in [1.82, 2.24) is 9.80 Å². The topological polar surface area (TPSA) is 74.0 Å². The van der Waals surface area contributed by atoms with Crippen LogP contribution >= 0.6 is 0 Å². The SMILES string of the molecule is CN1CCCC[C@]2(C[C@H](CO)[C@H](c3ccco3)N2C(=O)CC(C)(C)C)C1=O. The van der Waals surface area contributed by atoms with E-state index in [1.165, 1.54) is 0 Å². The molecule has 0 aromatic carbocycles. The molecule has 2 aliphatic heterocycles. The number of likely N-dealkylation sites (N-methyl/N-ethyl adjacent to an activating group) is 1. The van der Waals surface area contributed by atoms with E-state index in [1.54, 1.807) is 22.1 Å². The van der Waals surface area contributed by atoms with Crippen molar-refractivity contribution in [3.8, 4) is 0 Å². The lowest BCUT2D eigenvalue weighted by atomic mass is 9.85. The summed E-state index contributed by atoms with van der Waals surface area (Å²) in [7, 11) is 1.82. The Morgan fingerprint density at radius 1 is 1.37 bits per heavy atom. The van der Waals surface area contributed by atoms with Gasteiger partial charge in [-0.05, 0) is 43.2 Å². The Morgan fingerprint density at radius 2 is 2.11 bits per heavy atom. The number of carbonyl (C=O) groups excluding carboxylic acids is 2. The third-order valence-corrected chi connectivity index (χ3v) is 5.88. The number of amides is 2. The van der Waals surface area contributed by atoms with Crippen molar-refractivity contribution < 1.29 is 19.1 Å². The first-order valence-electron chi connectivity index (χ1n) is 9.91. The van der Waals surface area contributed by atoms with Crippen LogP contribution in [0.5, 0.6) is 0 Å².